The van der Waals surface area contributed by atoms with Crippen LogP contribution in [-0.4, -0.2) is 22.3 Å². The van der Waals surface area contributed by atoms with Crippen LogP contribution in [0.25, 0.3) is 10.9 Å². The fourth-order valence-corrected chi connectivity index (χ4v) is 4.33. The summed E-state index contributed by atoms with van der Waals surface area (Å²) in [6.07, 6.45) is 0.835. The predicted octanol–water partition coefficient (Wildman–Crippen LogP) is 5.61. The molecule has 0 aliphatic carbocycles. The van der Waals surface area contributed by atoms with Gasteiger partial charge in [0.1, 0.15) is 0 Å². The Bertz CT molecular complexity index is 1150. The SMILES string of the molecule is O=C(c1ccc(Cl)cc1)N1CCc2c([nH]c3ccccc23)C1c1ccccc1. The van der Waals surface area contributed by atoms with Gasteiger partial charge in [0.25, 0.3) is 5.91 Å². The topological polar surface area (TPSA) is 36.1 Å². The molecule has 1 N–H and O–H groups in total. The number of rotatable bonds is 2. The van der Waals surface area contributed by atoms with Gasteiger partial charge in [0.05, 0.1) is 6.04 Å². The molecular weight excluding hydrogens is 368 g/mol. The predicted molar refractivity (Wildman–Crippen MR) is 113 cm³/mol. The minimum atomic E-state index is -0.138. The lowest BCUT2D eigenvalue weighted by Gasteiger charge is -2.36. The first-order valence-electron chi connectivity index (χ1n) is 9.43. The number of aromatic amines is 1. The Balaban J connectivity index is 1.65. The smallest absolute Gasteiger partial charge is 0.254 e. The maximum Gasteiger partial charge on any atom is 0.254 e. The Kier molecular flexibility index (Phi) is 4.18. The van der Waals surface area contributed by atoms with Crippen LogP contribution in [0.4, 0.5) is 0 Å². The molecule has 0 saturated heterocycles. The van der Waals surface area contributed by atoms with E-state index in [0.717, 1.165) is 23.2 Å². The molecule has 3 nitrogen and oxygen atoms in total. The highest BCUT2D eigenvalue weighted by Gasteiger charge is 2.34. The maximum absolute atomic E-state index is 13.4. The third kappa shape index (κ3) is 2.79. The molecule has 0 saturated carbocycles. The van der Waals surface area contributed by atoms with Gasteiger partial charge in [0.15, 0.2) is 0 Å². The molecule has 0 radical (unpaired) electrons. The third-order valence-electron chi connectivity index (χ3n) is 5.50. The Morgan fingerprint density at radius 3 is 2.43 bits per heavy atom. The largest absolute Gasteiger partial charge is 0.356 e. The Hall–Kier alpha value is -3.04. The minimum absolute atomic E-state index is 0.0230. The van der Waals surface area contributed by atoms with Crippen molar-refractivity contribution in [2.24, 2.45) is 0 Å². The van der Waals surface area contributed by atoms with Gasteiger partial charge in [0.2, 0.25) is 0 Å². The van der Waals surface area contributed by atoms with Crippen LogP contribution in [0.15, 0.2) is 78.9 Å². The summed E-state index contributed by atoms with van der Waals surface area (Å²) in [5.41, 5.74) is 5.31. The number of hydrogen-bond acceptors (Lipinski definition) is 1. The Morgan fingerprint density at radius 1 is 0.929 bits per heavy atom. The van der Waals surface area contributed by atoms with Crippen LogP contribution in [0, 0.1) is 0 Å². The van der Waals surface area contributed by atoms with Crippen molar-refractivity contribution >= 4 is 28.4 Å². The van der Waals surface area contributed by atoms with Crippen molar-refractivity contribution in [2.45, 2.75) is 12.5 Å². The van der Waals surface area contributed by atoms with E-state index in [9.17, 15) is 4.79 Å². The van der Waals surface area contributed by atoms with E-state index in [1.54, 1.807) is 24.3 Å². The number of hydrogen-bond donors (Lipinski definition) is 1. The zero-order valence-corrected chi connectivity index (χ0v) is 16.0. The lowest BCUT2D eigenvalue weighted by atomic mass is 9.92. The summed E-state index contributed by atoms with van der Waals surface area (Å²) in [5, 5.41) is 1.88. The minimum Gasteiger partial charge on any atom is -0.356 e. The van der Waals surface area contributed by atoms with E-state index in [1.165, 1.54) is 10.9 Å². The molecule has 0 bridgehead atoms. The van der Waals surface area contributed by atoms with Crippen LogP contribution in [0.5, 0.6) is 0 Å². The number of carbonyl (C=O) groups is 1. The van der Waals surface area contributed by atoms with Gasteiger partial charge in [0, 0.05) is 33.7 Å². The normalized spacial score (nSPS) is 16.2. The molecule has 28 heavy (non-hydrogen) atoms. The molecule has 1 atom stereocenters. The maximum atomic E-state index is 13.4. The number of halogens is 1. The lowest BCUT2D eigenvalue weighted by molar-refractivity contribution is 0.0692. The van der Waals surface area contributed by atoms with Crippen molar-refractivity contribution in [1.29, 1.82) is 0 Å². The quantitative estimate of drug-likeness (QED) is 0.477. The molecule has 5 rings (SSSR count). The van der Waals surface area contributed by atoms with Crippen LogP contribution >= 0.6 is 11.6 Å². The molecule has 1 aliphatic heterocycles. The summed E-state index contributed by atoms with van der Waals surface area (Å²) in [7, 11) is 0. The van der Waals surface area contributed by atoms with E-state index in [1.807, 2.05) is 29.2 Å². The molecule has 4 heteroatoms. The second-order valence-electron chi connectivity index (χ2n) is 7.13. The van der Waals surface area contributed by atoms with E-state index < -0.39 is 0 Å². The second-order valence-corrected chi connectivity index (χ2v) is 7.57. The third-order valence-corrected chi connectivity index (χ3v) is 5.75. The van der Waals surface area contributed by atoms with Crippen LogP contribution in [-0.2, 0) is 6.42 Å². The van der Waals surface area contributed by atoms with Crippen LogP contribution < -0.4 is 0 Å². The molecule has 1 aliphatic rings. The van der Waals surface area contributed by atoms with Gasteiger partial charge in [-0.15, -0.1) is 0 Å². The number of para-hydroxylation sites is 1. The zero-order chi connectivity index (χ0) is 19.1. The van der Waals surface area contributed by atoms with Gasteiger partial charge in [-0.3, -0.25) is 4.79 Å². The molecule has 3 aromatic carbocycles. The highest BCUT2D eigenvalue weighted by Crippen LogP contribution is 2.39. The zero-order valence-electron chi connectivity index (χ0n) is 15.2. The van der Waals surface area contributed by atoms with Crippen molar-refractivity contribution < 1.29 is 4.79 Å². The first-order valence-corrected chi connectivity index (χ1v) is 9.81. The fourth-order valence-electron chi connectivity index (χ4n) is 4.20. The monoisotopic (exact) mass is 386 g/mol. The van der Waals surface area contributed by atoms with Crippen molar-refractivity contribution in [3.8, 4) is 0 Å². The van der Waals surface area contributed by atoms with E-state index in [0.29, 0.717) is 17.1 Å². The number of nitrogens with zero attached hydrogens (tertiary/aromatic N) is 1. The molecule has 4 aromatic rings. The van der Waals surface area contributed by atoms with Gasteiger partial charge in [-0.05, 0) is 47.9 Å². The number of aromatic nitrogens is 1. The van der Waals surface area contributed by atoms with Gasteiger partial charge in [-0.2, -0.15) is 0 Å². The number of nitrogens with one attached hydrogen (secondary N) is 1. The number of benzene rings is 3. The summed E-state index contributed by atoms with van der Waals surface area (Å²) in [4.78, 5) is 19.0. The lowest BCUT2D eigenvalue weighted by Crippen LogP contribution is -2.40. The number of H-pyrrole nitrogens is 1. The number of carbonyl (C=O) groups excluding carboxylic acids is 1. The average Bonchev–Trinajstić information content (AvgIpc) is 3.12. The van der Waals surface area contributed by atoms with Gasteiger partial charge in [-0.25, -0.2) is 0 Å². The van der Waals surface area contributed by atoms with Crippen LogP contribution in [0.2, 0.25) is 5.02 Å². The average molecular weight is 387 g/mol. The van der Waals surface area contributed by atoms with Crippen molar-refractivity contribution in [2.75, 3.05) is 6.54 Å². The molecule has 1 amide bonds. The van der Waals surface area contributed by atoms with Crippen molar-refractivity contribution in [1.82, 2.24) is 9.88 Å². The molecular formula is C24H19ClN2O. The molecule has 0 fully saturated rings. The van der Waals surface area contributed by atoms with Crippen molar-refractivity contribution in [3.05, 3.63) is 106 Å². The first-order chi connectivity index (χ1) is 13.7. The highest BCUT2D eigenvalue weighted by molar-refractivity contribution is 6.30. The molecule has 0 spiro atoms. The van der Waals surface area contributed by atoms with Gasteiger partial charge in [-0.1, -0.05) is 60.1 Å². The first kappa shape index (κ1) is 17.1. The van der Waals surface area contributed by atoms with Crippen LogP contribution in [0.1, 0.15) is 33.2 Å². The van der Waals surface area contributed by atoms with E-state index >= 15 is 0 Å². The summed E-state index contributed by atoms with van der Waals surface area (Å²) < 4.78 is 0. The van der Waals surface area contributed by atoms with Gasteiger partial charge >= 0.3 is 0 Å². The van der Waals surface area contributed by atoms with E-state index in [4.69, 9.17) is 11.6 Å². The molecule has 1 aromatic heterocycles. The standard InChI is InChI=1S/C24H19ClN2O/c25-18-12-10-17(11-13-18)24(28)27-15-14-20-19-8-4-5-9-21(19)26-22(20)23(27)16-6-2-1-3-7-16/h1-13,23,26H,14-15H2. The van der Waals surface area contributed by atoms with E-state index in [2.05, 4.69) is 35.3 Å². The van der Waals surface area contributed by atoms with E-state index in [-0.39, 0.29) is 11.9 Å². The number of amides is 1. The highest BCUT2D eigenvalue weighted by atomic mass is 35.5. The summed E-state index contributed by atoms with van der Waals surface area (Å²) in [6, 6.07) is 25.6. The molecule has 1 unspecified atom stereocenters. The Labute approximate surface area is 168 Å². The number of fused-ring (bicyclic) bond motifs is 3. The van der Waals surface area contributed by atoms with Gasteiger partial charge < -0.3 is 9.88 Å². The second kappa shape index (κ2) is 6.84. The summed E-state index contributed by atoms with van der Waals surface area (Å²) in [5.74, 6) is 0.0230. The Morgan fingerprint density at radius 2 is 1.64 bits per heavy atom. The summed E-state index contributed by atoms with van der Waals surface area (Å²) >= 11 is 6.01. The van der Waals surface area contributed by atoms with Crippen molar-refractivity contribution in [3.63, 3.8) is 0 Å². The summed E-state index contributed by atoms with van der Waals surface area (Å²) in [6.45, 7) is 0.676. The van der Waals surface area contributed by atoms with Crippen LogP contribution in [0.3, 0.4) is 0 Å². The molecule has 138 valence electrons. The molecule has 2 heterocycles. The fraction of sp³-hybridized carbons (Fsp3) is 0.125.